The molecule has 0 aromatic carbocycles. The van der Waals surface area contributed by atoms with E-state index in [9.17, 15) is 4.79 Å². The van der Waals surface area contributed by atoms with Gasteiger partial charge in [0, 0.05) is 6.04 Å². The van der Waals surface area contributed by atoms with E-state index in [1.165, 1.54) is 0 Å². The van der Waals surface area contributed by atoms with Gasteiger partial charge in [0.2, 0.25) is 5.91 Å². The number of carbonyl (C=O) groups is 1. The minimum absolute atomic E-state index is 0.0556. The van der Waals surface area contributed by atoms with Gasteiger partial charge in [0.15, 0.2) is 0 Å². The molecule has 0 saturated heterocycles. The zero-order valence-electron chi connectivity index (χ0n) is 8.12. The van der Waals surface area contributed by atoms with Crippen LogP contribution < -0.4 is 5.32 Å². The van der Waals surface area contributed by atoms with Gasteiger partial charge in [-0.25, -0.2) is 0 Å². The quantitative estimate of drug-likeness (QED) is 0.671. The van der Waals surface area contributed by atoms with E-state index in [1.807, 2.05) is 0 Å². The van der Waals surface area contributed by atoms with Crippen LogP contribution in [0.2, 0.25) is 0 Å². The third-order valence-corrected chi connectivity index (χ3v) is 3.20. The first-order valence-corrected chi connectivity index (χ1v) is 5.14. The lowest BCUT2D eigenvalue weighted by molar-refractivity contribution is -0.132. The smallest absolute Gasteiger partial charge is 0.240 e. The molecule has 0 unspecified atom stereocenters. The van der Waals surface area contributed by atoms with Crippen LogP contribution in [0, 0.1) is 16.7 Å². The first kappa shape index (κ1) is 9.26. The third-order valence-electron chi connectivity index (χ3n) is 3.20. The van der Waals surface area contributed by atoms with Crippen molar-refractivity contribution in [1.29, 1.82) is 5.26 Å². The van der Waals surface area contributed by atoms with E-state index in [-0.39, 0.29) is 11.9 Å². The van der Waals surface area contributed by atoms with Crippen LogP contribution in [-0.2, 0) is 4.79 Å². The number of hydrogen-bond acceptors (Lipinski definition) is 2. The Morgan fingerprint density at radius 1 is 1.43 bits per heavy atom. The lowest BCUT2D eigenvalue weighted by Crippen LogP contribution is -2.47. The van der Waals surface area contributed by atoms with Crippen molar-refractivity contribution in [2.45, 2.75) is 38.1 Å². The molecule has 3 nitrogen and oxygen atoms in total. The van der Waals surface area contributed by atoms with Crippen LogP contribution in [0.25, 0.3) is 0 Å². The molecule has 1 fully saturated rings. The summed E-state index contributed by atoms with van der Waals surface area (Å²) in [5.41, 5.74) is -0.692. The third kappa shape index (κ3) is 1.41. The first-order valence-electron chi connectivity index (χ1n) is 5.14. The zero-order chi connectivity index (χ0) is 10.0. The molecule has 2 aliphatic carbocycles. The highest BCUT2D eigenvalue weighted by Gasteiger charge is 2.45. The fourth-order valence-electron chi connectivity index (χ4n) is 1.98. The van der Waals surface area contributed by atoms with Crippen LogP contribution in [-0.4, -0.2) is 11.9 Å². The largest absolute Gasteiger partial charge is 0.351 e. The number of nitrogens with one attached hydrogen (secondary N) is 1. The Bertz CT molecular complexity index is 302. The lowest BCUT2D eigenvalue weighted by atomic mass is 9.69. The highest BCUT2D eigenvalue weighted by Crippen LogP contribution is 2.40. The molecule has 0 aromatic rings. The van der Waals surface area contributed by atoms with E-state index < -0.39 is 5.41 Å². The van der Waals surface area contributed by atoms with Crippen molar-refractivity contribution >= 4 is 5.91 Å². The van der Waals surface area contributed by atoms with E-state index in [2.05, 4.69) is 23.5 Å². The Balaban J connectivity index is 1.92. The molecular formula is C11H14N2O. The van der Waals surface area contributed by atoms with E-state index >= 15 is 0 Å². The van der Waals surface area contributed by atoms with E-state index in [4.69, 9.17) is 5.26 Å². The minimum Gasteiger partial charge on any atom is -0.351 e. The average Bonchev–Trinajstić information content (AvgIpc) is 2.55. The van der Waals surface area contributed by atoms with Crippen molar-refractivity contribution in [2.75, 3.05) is 0 Å². The monoisotopic (exact) mass is 190 g/mol. The molecule has 2 rings (SSSR count). The van der Waals surface area contributed by atoms with Gasteiger partial charge in [0.25, 0.3) is 0 Å². The molecule has 0 bridgehead atoms. The highest BCUT2D eigenvalue weighted by atomic mass is 16.2. The predicted molar refractivity (Wildman–Crippen MR) is 52.2 cm³/mol. The summed E-state index contributed by atoms with van der Waals surface area (Å²) < 4.78 is 0. The summed E-state index contributed by atoms with van der Waals surface area (Å²) in [4.78, 5) is 11.8. The number of rotatable bonds is 2. The second-order valence-corrected chi connectivity index (χ2v) is 4.16. The molecule has 0 spiro atoms. The summed E-state index contributed by atoms with van der Waals surface area (Å²) in [7, 11) is 0. The lowest BCUT2D eigenvalue weighted by Gasteiger charge is -2.34. The first-order chi connectivity index (χ1) is 6.77. The number of nitrogens with zero attached hydrogens (tertiary/aromatic N) is 1. The van der Waals surface area contributed by atoms with Crippen LogP contribution in [0.15, 0.2) is 12.2 Å². The van der Waals surface area contributed by atoms with Crippen molar-refractivity contribution in [2.24, 2.45) is 5.41 Å². The van der Waals surface area contributed by atoms with Gasteiger partial charge in [0.05, 0.1) is 6.07 Å². The topological polar surface area (TPSA) is 52.9 Å². The normalized spacial score (nSPS) is 23.9. The summed E-state index contributed by atoms with van der Waals surface area (Å²) in [6.45, 7) is 0. The molecule has 74 valence electrons. The van der Waals surface area contributed by atoms with Gasteiger partial charge in [-0.15, -0.1) is 0 Å². The summed E-state index contributed by atoms with van der Waals surface area (Å²) in [5.74, 6) is -0.0556. The van der Waals surface area contributed by atoms with Crippen LogP contribution in [0.3, 0.4) is 0 Å². The maximum atomic E-state index is 11.8. The number of amides is 1. The Morgan fingerprint density at radius 2 is 2.07 bits per heavy atom. The fourth-order valence-corrected chi connectivity index (χ4v) is 1.98. The van der Waals surface area contributed by atoms with Crippen molar-refractivity contribution in [3.63, 3.8) is 0 Å². The van der Waals surface area contributed by atoms with Crippen LogP contribution in [0.1, 0.15) is 32.1 Å². The van der Waals surface area contributed by atoms with Crippen LogP contribution in [0.4, 0.5) is 0 Å². The second kappa shape index (κ2) is 3.45. The van der Waals surface area contributed by atoms with Crippen molar-refractivity contribution < 1.29 is 4.79 Å². The van der Waals surface area contributed by atoms with Crippen molar-refractivity contribution in [3.05, 3.63) is 12.2 Å². The standard InChI is InChI=1S/C11H14N2O/c12-8-11(6-3-7-11)10(14)13-9-4-1-2-5-9/h1-2,9H,3-7H2,(H,13,14). The molecule has 2 aliphatic rings. The second-order valence-electron chi connectivity index (χ2n) is 4.16. The Labute approximate surface area is 83.8 Å². The number of carbonyl (C=O) groups excluding carboxylic acids is 1. The van der Waals surface area contributed by atoms with Gasteiger partial charge in [-0.1, -0.05) is 12.2 Å². The molecule has 3 heteroatoms. The highest BCUT2D eigenvalue weighted by molar-refractivity contribution is 5.86. The molecule has 0 atom stereocenters. The Morgan fingerprint density at radius 3 is 2.50 bits per heavy atom. The molecule has 14 heavy (non-hydrogen) atoms. The van der Waals surface area contributed by atoms with Gasteiger partial charge in [0.1, 0.15) is 5.41 Å². The van der Waals surface area contributed by atoms with Gasteiger partial charge in [-0.3, -0.25) is 4.79 Å². The van der Waals surface area contributed by atoms with Crippen molar-refractivity contribution in [3.8, 4) is 6.07 Å². The maximum Gasteiger partial charge on any atom is 0.240 e. The van der Waals surface area contributed by atoms with Crippen LogP contribution in [0.5, 0.6) is 0 Å². The summed E-state index contributed by atoms with van der Waals surface area (Å²) in [6.07, 6.45) is 8.44. The number of nitriles is 1. The zero-order valence-corrected chi connectivity index (χ0v) is 8.12. The summed E-state index contributed by atoms with van der Waals surface area (Å²) >= 11 is 0. The molecule has 0 heterocycles. The Hall–Kier alpha value is -1.30. The molecule has 0 aliphatic heterocycles. The van der Waals surface area contributed by atoms with Gasteiger partial charge >= 0.3 is 0 Å². The van der Waals surface area contributed by atoms with Crippen LogP contribution >= 0.6 is 0 Å². The maximum absolute atomic E-state index is 11.8. The van der Waals surface area contributed by atoms with E-state index in [0.717, 1.165) is 32.1 Å². The number of hydrogen-bond donors (Lipinski definition) is 1. The molecule has 1 saturated carbocycles. The minimum atomic E-state index is -0.692. The van der Waals surface area contributed by atoms with Gasteiger partial charge < -0.3 is 5.32 Å². The summed E-state index contributed by atoms with van der Waals surface area (Å²) in [6, 6.07) is 2.39. The molecule has 0 aromatic heterocycles. The predicted octanol–water partition coefficient (Wildman–Crippen LogP) is 1.52. The fraction of sp³-hybridized carbons (Fsp3) is 0.636. The van der Waals surface area contributed by atoms with E-state index in [0.29, 0.717) is 0 Å². The Kier molecular flexibility index (Phi) is 2.28. The average molecular weight is 190 g/mol. The SMILES string of the molecule is N#CC1(C(=O)NC2CC=CC2)CCC1. The van der Waals surface area contributed by atoms with Crippen molar-refractivity contribution in [1.82, 2.24) is 5.32 Å². The summed E-state index contributed by atoms with van der Waals surface area (Å²) in [5, 5.41) is 11.9. The molecule has 1 amide bonds. The van der Waals surface area contributed by atoms with E-state index in [1.54, 1.807) is 0 Å². The molecular weight excluding hydrogens is 176 g/mol. The molecule has 1 N–H and O–H groups in total. The molecule has 0 radical (unpaired) electrons. The van der Waals surface area contributed by atoms with Gasteiger partial charge in [-0.05, 0) is 32.1 Å². The van der Waals surface area contributed by atoms with Gasteiger partial charge in [-0.2, -0.15) is 5.26 Å².